The van der Waals surface area contributed by atoms with E-state index in [0.717, 1.165) is 25.5 Å². The van der Waals surface area contributed by atoms with Crippen molar-refractivity contribution >= 4 is 11.8 Å². The Morgan fingerprint density at radius 2 is 2.43 bits per heavy atom. The summed E-state index contributed by atoms with van der Waals surface area (Å²) in [6, 6.07) is 0. The van der Waals surface area contributed by atoms with Crippen molar-refractivity contribution in [2.24, 2.45) is 0 Å². The molecular weight excluding hydrogens is 196 g/mol. The number of aromatic nitrogens is 3. The molecule has 0 spiro atoms. The van der Waals surface area contributed by atoms with Gasteiger partial charge in [-0.2, -0.15) is 11.8 Å². The Hall–Kier alpha value is -0.550. The molecule has 0 N–H and O–H groups in total. The van der Waals surface area contributed by atoms with Crippen LogP contribution in [0, 0.1) is 0 Å². The molecule has 0 amide bonds. The maximum absolute atomic E-state index is 4.10. The van der Waals surface area contributed by atoms with E-state index >= 15 is 0 Å². The van der Waals surface area contributed by atoms with E-state index in [-0.39, 0.29) is 0 Å². The van der Waals surface area contributed by atoms with Crippen molar-refractivity contribution in [2.45, 2.75) is 20.0 Å². The average Bonchev–Trinajstić information content (AvgIpc) is 2.65. The van der Waals surface area contributed by atoms with Gasteiger partial charge in [0.1, 0.15) is 12.2 Å². The maximum atomic E-state index is 4.10. The van der Waals surface area contributed by atoms with Crippen LogP contribution in [0.15, 0.2) is 6.33 Å². The lowest BCUT2D eigenvalue weighted by Gasteiger charge is -2.26. The van der Waals surface area contributed by atoms with Gasteiger partial charge < -0.3 is 4.57 Å². The summed E-state index contributed by atoms with van der Waals surface area (Å²) in [4.78, 5) is 2.45. The second kappa shape index (κ2) is 4.79. The van der Waals surface area contributed by atoms with E-state index in [0.29, 0.717) is 0 Å². The molecule has 2 rings (SSSR count). The Kier molecular flexibility index (Phi) is 3.42. The number of rotatable bonds is 4. The fraction of sp³-hybridized carbons (Fsp3) is 0.778. The van der Waals surface area contributed by atoms with Crippen LogP contribution in [0.25, 0.3) is 0 Å². The molecule has 0 unspecified atom stereocenters. The van der Waals surface area contributed by atoms with Crippen LogP contribution in [0.3, 0.4) is 0 Å². The summed E-state index contributed by atoms with van der Waals surface area (Å²) in [7, 11) is 0. The topological polar surface area (TPSA) is 34.0 Å². The number of fused-ring (bicyclic) bond motifs is 1. The molecule has 0 saturated carbocycles. The highest BCUT2D eigenvalue weighted by atomic mass is 32.2. The van der Waals surface area contributed by atoms with Gasteiger partial charge in [-0.25, -0.2) is 0 Å². The first-order chi connectivity index (χ1) is 6.90. The molecule has 2 heterocycles. The Labute approximate surface area is 88.7 Å². The van der Waals surface area contributed by atoms with Crippen LogP contribution in [0.4, 0.5) is 0 Å². The molecule has 0 aromatic carbocycles. The highest BCUT2D eigenvalue weighted by Crippen LogP contribution is 2.09. The van der Waals surface area contributed by atoms with E-state index in [4.69, 9.17) is 0 Å². The van der Waals surface area contributed by atoms with Crippen LogP contribution in [-0.4, -0.2) is 44.3 Å². The van der Waals surface area contributed by atoms with Gasteiger partial charge in [-0.15, -0.1) is 10.2 Å². The molecule has 1 aliphatic rings. The summed E-state index contributed by atoms with van der Waals surface area (Å²) < 4.78 is 2.14. The summed E-state index contributed by atoms with van der Waals surface area (Å²) >= 11 is 2.00. The lowest BCUT2D eigenvalue weighted by atomic mass is 10.3. The first-order valence-corrected chi connectivity index (χ1v) is 6.22. The Bertz CT molecular complexity index is 286. The lowest BCUT2D eigenvalue weighted by Crippen LogP contribution is -2.35. The molecule has 5 heteroatoms. The minimum absolute atomic E-state index is 0.963. The van der Waals surface area contributed by atoms with Crippen molar-refractivity contribution in [3.63, 3.8) is 0 Å². The predicted octanol–water partition coefficient (Wildman–Crippen LogP) is 0.847. The second-order valence-corrected chi connectivity index (χ2v) is 4.81. The molecule has 0 radical (unpaired) electrons. The van der Waals surface area contributed by atoms with Crippen LogP contribution in [0.5, 0.6) is 0 Å². The molecule has 14 heavy (non-hydrogen) atoms. The fourth-order valence-electron chi connectivity index (χ4n) is 1.65. The quantitative estimate of drug-likeness (QED) is 0.693. The van der Waals surface area contributed by atoms with Crippen molar-refractivity contribution in [1.29, 1.82) is 0 Å². The maximum Gasteiger partial charge on any atom is 0.147 e. The van der Waals surface area contributed by atoms with Crippen molar-refractivity contribution in [2.75, 3.05) is 24.6 Å². The normalized spacial score (nSPS) is 16.9. The molecule has 0 bridgehead atoms. The summed E-state index contributed by atoms with van der Waals surface area (Å²) in [6.45, 7) is 6.52. The van der Waals surface area contributed by atoms with E-state index in [1.165, 1.54) is 18.1 Å². The first-order valence-electron chi connectivity index (χ1n) is 5.07. The third kappa shape index (κ3) is 2.27. The van der Waals surface area contributed by atoms with E-state index in [1.807, 2.05) is 18.1 Å². The first kappa shape index (κ1) is 9.98. The molecule has 1 aromatic rings. The second-order valence-electron chi connectivity index (χ2n) is 3.41. The van der Waals surface area contributed by atoms with Crippen molar-refractivity contribution < 1.29 is 0 Å². The average molecular weight is 212 g/mol. The van der Waals surface area contributed by atoms with Gasteiger partial charge in [0.15, 0.2) is 0 Å². The van der Waals surface area contributed by atoms with Gasteiger partial charge in [0.05, 0.1) is 6.54 Å². The minimum Gasteiger partial charge on any atom is -0.315 e. The van der Waals surface area contributed by atoms with Crippen LogP contribution < -0.4 is 0 Å². The van der Waals surface area contributed by atoms with E-state index in [9.17, 15) is 0 Å². The van der Waals surface area contributed by atoms with Crippen LogP contribution in [0.2, 0.25) is 0 Å². The molecular formula is C9H16N4S. The van der Waals surface area contributed by atoms with Gasteiger partial charge in [0, 0.05) is 25.4 Å². The highest BCUT2D eigenvalue weighted by Gasteiger charge is 2.16. The zero-order chi connectivity index (χ0) is 9.80. The van der Waals surface area contributed by atoms with Crippen LogP contribution in [0.1, 0.15) is 12.7 Å². The largest absolute Gasteiger partial charge is 0.315 e. The molecule has 0 aliphatic carbocycles. The summed E-state index contributed by atoms with van der Waals surface area (Å²) in [6.07, 6.45) is 1.83. The van der Waals surface area contributed by atoms with E-state index < -0.39 is 0 Å². The number of nitrogens with zero attached hydrogens (tertiary/aromatic N) is 4. The lowest BCUT2D eigenvalue weighted by molar-refractivity contribution is 0.230. The van der Waals surface area contributed by atoms with Crippen LogP contribution in [-0.2, 0) is 13.1 Å². The molecule has 0 fully saturated rings. The Morgan fingerprint density at radius 1 is 1.50 bits per heavy atom. The van der Waals surface area contributed by atoms with E-state index in [1.54, 1.807) is 0 Å². The highest BCUT2D eigenvalue weighted by molar-refractivity contribution is 7.99. The molecule has 1 aliphatic heterocycles. The number of hydrogen-bond acceptors (Lipinski definition) is 4. The third-order valence-electron chi connectivity index (χ3n) is 2.47. The Morgan fingerprint density at radius 3 is 3.29 bits per heavy atom. The molecule has 0 saturated heterocycles. The van der Waals surface area contributed by atoms with Gasteiger partial charge >= 0.3 is 0 Å². The summed E-state index contributed by atoms with van der Waals surface area (Å²) in [5.74, 6) is 3.55. The molecule has 1 aromatic heterocycles. The number of thioether (sulfide) groups is 1. The van der Waals surface area contributed by atoms with Crippen LogP contribution >= 0.6 is 11.8 Å². The Balaban J connectivity index is 1.82. The fourth-order valence-corrected chi connectivity index (χ4v) is 2.32. The predicted molar refractivity (Wildman–Crippen MR) is 58.3 cm³/mol. The molecule has 4 nitrogen and oxygen atoms in total. The van der Waals surface area contributed by atoms with Crippen molar-refractivity contribution in [3.8, 4) is 0 Å². The zero-order valence-electron chi connectivity index (χ0n) is 8.52. The van der Waals surface area contributed by atoms with Crippen molar-refractivity contribution in [1.82, 2.24) is 19.7 Å². The standard InChI is InChI=1S/C9H16N4S/c1-2-14-6-5-12-3-4-13-8-10-11-9(13)7-12/h8H,2-7H2,1H3. The van der Waals surface area contributed by atoms with Gasteiger partial charge in [0.2, 0.25) is 0 Å². The minimum atomic E-state index is 0.963. The van der Waals surface area contributed by atoms with Gasteiger partial charge in [-0.1, -0.05) is 6.92 Å². The molecule has 0 atom stereocenters. The van der Waals surface area contributed by atoms with Gasteiger partial charge in [-0.3, -0.25) is 4.90 Å². The molecule has 78 valence electrons. The summed E-state index contributed by atoms with van der Waals surface area (Å²) in [5.41, 5.74) is 0. The smallest absolute Gasteiger partial charge is 0.147 e. The van der Waals surface area contributed by atoms with Crippen molar-refractivity contribution in [3.05, 3.63) is 12.2 Å². The monoisotopic (exact) mass is 212 g/mol. The summed E-state index contributed by atoms with van der Waals surface area (Å²) in [5, 5.41) is 8.02. The van der Waals surface area contributed by atoms with Gasteiger partial charge in [-0.05, 0) is 5.75 Å². The number of hydrogen-bond donors (Lipinski definition) is 0. The zero-order valence-corrected chi connectivity index (χ0v) is 9.33. The third-order valence-corrected chi connectivity index (χ3v) is 3.35. The van der Waals surface area contributed by atoms with Gasteiger partial charge in [0.25, 0.3) is 0 Å². The SMILES string of the molecule is CCSCCN1CCn2cnnc2C1. The van der Waals surface area contributed by atoms with E-state index in [2.05, 4.69) is 26.6 Å².